The molecule has 0 aliphatic carbocycles. The van der Waals surface area contributed by atoms with E-state index in [1.165, 1.54) is 17.4 Å². The summed E-state index contributed by atoms with van der Waals surface area (Å²) in [7, 11) is 0. The second kappa shape index (κ2) is 5.46. The van der Waals surface area contributed by atoms with Crippen molar-refractivity contribution in [2.24, 2.45) is 0 Å². The molecule has 0 spiro atoms. The molecule has 1 amide bonds. The summed E-state index contributed by atoms with van der Waals surface area (Å²) in [6.45, 7) is 2.01. The molecule has 21 heavy (non-hydrogen) atoms. The fourth-order valence-electron chi connectivity index (χ4n) is 1.95. The number of phenolic OH excluding ortho intramolecular Hbond substituents is 1. The molecule has 0 bridgehead atoms. The van der Waals surface area contributed by atoms with Crippen LogP contribution in [0.2, 0.25) is 0 Å². The zero-order valence-corrected chi connectivity index (χ0v) is 13.5. The van der Waals surface area contributed by atoms with Crippen molar-refractivity contribution >= 4 is 48.5 Å². The molecule has 1 aromatic heterocycles. The number of thiazole rings is 1. The van der Waals surface area contributed by atoms with Crippen LogP contribution in [0.15, 0.2) is 40.9 Å². The normalized spacial score (nSPS) is 10.8. The van der Waals surface area contributed by atoms with Gasteiger partial charge in [0.1, 0.15) is 5.75 Å². The number of phenols is 1. The van der Waals surface area contributed by atoms with E-state index in [1.54, 1.807) is 12.1 Å². The van der Waals surface area contributed by atoms with Crippen LogP contribution in [0.1, 0.15) is 15.9 Å². The molecule has 106 valence electrons. The first-order valence-corrected chi connectivity index (χ1v) is 7.81. The fraction of sp³-hybridized carbons (Fsp3) is 0.0667. The number of hydrogen-bond acceptors (Lipinski definition) is 4. The van der Waals surface area contributed by atoms with Crippen LogP contribution in [0.3, 0.4) is 0 Å². The van der Waals surface area contributed by atoms with Crippen molar-refractivity contribution < 1.29 is 9.90 Å². The number of carbonyl (C=O) groups excluding carboxylic acids is 1. The van der Waals surface area contributed by atoms with E-state index < -0.39 is 0 Å². The van der Waals surface area contributed by atoms with Crippen molar-refractivity contribution in [3.63, 3.8) is 0 Å². The number of aromatic hydroxyl groups is 1. The highest BCUT2D eigenvalue weighted by atomic mass is 79.9. The van der Waals surface area contributed by atoms with E-state index in [4.69, 9.17) is 0 Å². The van der Waals surface area contributed by atoms with Gasteiger partial charge in [-0.2, -0.15) is 0 Å². The maximum absolute atomic E-state index is 12.2. The molecule has 0 aliphatic rings. The summed E-state index contributed by atoms with van der Waals surface area (Å²) in [6, 6.07) is 10.7. The van der Waals surface area contributed by atoms with Gasteiger partial charge >= 0.3 is 0 Å². The third kappa shape index (κ3) is 2.91. The van der Waals surface area contributed by atoms with Gasteiger partial charge in [0.05, 0.1) is 15.8 Å². The highest BCUT2D eigenvalue weighted by Crippen LogP contribution is 2.28. The Morgan fingerprint density at radius 3 is 2.86 bits per heavy atom. The van der Waals surface area contributed by atoms with Gasteiger partial charge in [0.25, 0.3) is 5.91 Å². The van der Waals surface area contributed by atoms with E-state index in [2.05, 4.69) is 26.2 Å². The maximum Gasteiger partial charge on any atom is 0.261 e. The van der Waals surface area contributed by atoms with Crippen LogP contribution in [-0.2, 0) is 0 Å². The van der Waals surface area contributed by atoms with Gasteiger partial charge in [-0.1, -0.05) is 33.3 Å². The molecule has 0 aliphatic heterocycles. The number of amides is 1. The van der Waals surface area contributed by atoms with Crippen molar-refractivity contribution in [3.8, 4) is 5.75 Å². The lowest BCUT2D eigenvalue weighted by Crippen LogP contribution is -2.11. The number of hydrogen-bond donors (Lipinski definition) is 2. The minimum absolute atomic E-state index is 0.0705. The zero-order chi connectivity index (χ0) is 15.0. The van der Waals surface area contributed by atoms with Crippen LogP contribution < -0.4 is 5.32 Å². The average Bonchev–Trinajstić information content (AvgIpc) is 2.79. The van der Waals surface area contributed by atoms with E-state index >= 15 is 0 Å². The van der Waals surface area contributed by atoms with Gasteiger partial charge < -0.3 is 5.11 Å². The van der Waals surface area contributed by atoms with Gasteiger partial charge in [-0.3, -0.25) is 10.1 Å². The molecular weight excluding hydrogens is 352 g/mol. The van der Waals surface area contributed by atoms with Gasteiger partial charge in [0.15, 0.2) is 5.13 Å². The number of carbonyl (C=O) groups is 1. The summed E-state index contributed by atoms with van der Waals surface area (Å²) < 4.78 is 1.73. The van der Waals surface area contributed by atoms with Gasteiger partial charge in [-0.15, -0.1) is 0 Å². The first-order chi connectivity index (χ1) is 10.0. The van der Waals surface area contributed by atoms with Gasteiger partial charge in [0.2, 0.25) is 0 Å². The Kier molecular flexibility index (Phi) is 3.65. The predicted molar refractivity (Wildman–Crippen MR) is 88.1 cm³/mol. The van der Waals surface area contributed by atoms with Crippen molar-refractivity contribution in [1.82, 2.24) is 4.98 Å². The number of anilines is 1. The Bertz CT molecular complexity index is 845. The van der Waals surface area contributed by atoms with Crippen LogP contribution in [0.4, 0.5) is 5.13 Å². The van der Waals surface area contributed by atoms with E-state index in [0.717, 1.165) is 15.8 Å². The average molecular weight is 363 g/mol. The number of aryl methyl sites for hydroxylation is 1. The first kappa shape index (κ1) is 14.0. The lowest BCUT2D eigenvalue weighted by atomic mass is 10.2. The quantitative estimate of drug-likeness (QED) is 0.713. The molecule has 0 unspecified atom stereocenters. The number of nitrogens with one attached hydrogen (secondary N) is 1. The molecule has 0 radical (unpaired) electrons. The van der Waals surface area contributed by atoms with Crippen molar-refractivity contribution in [3.05, 3.63) is 52.0 Å². The summed E-state index contributed by atoms with van der Waals surface area (Å²) in [6.07, 6.45) is 0. The third-order valence-electron chi connectivity index (χ3n) is 2.97. The predicted octanol–water partition coefficient (Wildman–Crippen LogP) is 4.33. The molecule has 0 saturated carbocycles. The van der Waals surface area contributed by atoms with Crippen LogP contribution in [-0.4, -0.2) is 16.0 Å². The lowest BCUT2D eigenvalue weighted by Gasteiger charge is -2.04. The van der Waals surface area contributed by atoms with Crippen molar-refractivity contribution in [2.45, 2.75) is 6.92 Å². The van der Waals surface area contributed by atoms with E-state index in [1.807, 2.05) is 25.1 Å². The van der Waals surface area contributed by atoms with Gasteiger partial charge in [0, 0.05) is 4.47 Å². The summed E-state index contributed by atoms with van der Waals surface area (Å²) >= 11 is 4.65. The molecule has 3 rings (SSSR count). The standard InChI is InChI=1S/C15H11BrN2O2S/c1-8-2-5-11-13(6-8)21-15(17-11)18-14(20)10-4-3-9(16)7-12(10)19/h2-7,19H,1H3,(H,17,18,20). The molecule has 4 nitrogen and oxygen atoms in total. The fourth-order valence-corrected chi connectivity index (χ4v) is 3.25. The Morgan fingerprint density at radius 2 is 2.10 bits per heavy atom. The molecule has 0 atom stereocenters. The summed E-state index contributed by atoms with van der Waals surface area (Å²) in [5, 5.41) is 13.0. The smallest absolute Gasteiger partial charge is 0.261 e. The summed E-state index contributed by atoms with van der Waals surface area (Å²) in [4.78, 5) is 16.5. The maximum atomic E-state index is 12.2. The highest BCUT2D eigenvalue weighted by Gasteiger charge is 2.13. The summed E-state index contributed by atoms with van der Waals surface area (Å²) in [5.41, 5.74) is 2.21. The largest absolute Gasteiger partial charge is 0.507 e. The minimum Gasteiger partial charge on any atom is -0.507 e. The molecule has 2 aromatic carbocycles. The van der Waals surface area contributed by atoms with Crippen molar-refractivity contribution in [1.29, 1.82) is 0 Å². The number of fused-ring (bicyclic) bond motifs is 1. The Hall–Kier alpha value is -1.92. The Morgan fingerprint density at radius 1 is 1.29 bits per heavy atom. The van der Waals surface area contributed by atoms with E-state index in [-0.39, 0.29) is 17.2 Å². The van der Waals surface area contributed by atoms with Crippen LogP contribution in [0.25, 0.3) is 10.2 Å². The zero-order valence-electron chi connectivity index (χ0n) is 11.1. The Balaban J connectivity index is 1.89. The van der Waals surface area contributed by atoms with Gasteiger partial charge in [-0.25, -0.2) is 4.98 Å². The molecule has 0 saturated heterocycles. The third-order valence-corrected chi connectivity index (χ3v) is 4.40. The summed E-state index contributed by atoms with van der Waals surface area (Å²) in [5.74, 6) is -0.449. The van der Waals surface area contributed by atoms with E-state index in [9.17, 15) is 9.90 Å². The minimum atomic E-state index is -0.379. The second-order valence-corrected chi connectivity index (χ2v) is 6.55. The SMILES string of the molecule is Cc1ccc2nc(NC(=O)c3ccc(Br)cc3O)sc2c1. The second-order valence-electron chi connectivity index (χ2n) is 4.61. The molecule has 6 heteroatoms. The Labute approximate surface area is 133 Å². The lowest BCUT2D eigenvalue weighted by molar-refractivity contribution is 0.102. The van der Waals surface area contributed by atoms with Crippen LogP contribution >= 0.6 is 27.3 Å². The van der Waals surface area contributed by atoms with Gasteiger partial charge in [-0.05, 0) is 42.8 Å². The molecular formula is C15H11BrN2O2S. The van der Waals surface area contributed by atoms with Crippen LogP contribution in [0.5, 0.6) is 5.75 Å². The number of aromatic nitrogens is 1. The number of halogens is 1. The molecule has 2 N–H and O–H groups in total. The molecule has 0 fully saturated rings. The number of benzene rings is 2. The topological polar surface area (TPSA) is 62.2 Å². The number of nitrogens with zero attached hydrogens (tertiary/aromatic N) is 1. The van der Waals surface area contributed by atoms with Crippen LogP contribution in [0, 0.1) is 6.92 Å². The highest BCUT2D eigenvalue weighted by molar-refractivity contribution is 9.10. The first-order valence-electron chi connectivity index (χ1n) is 6.20. The van der Waals surface area contributed by atoms with E-state index in [0.29, 0.717) is 9.60 Å². The monoisotopic (exact) mass is 362 g/mol. The van der Waals surface area contributed by atoms with Crippen molar-refractivity contribution in [2.75, 3.05) is 5.32 Å². The molecule has 1 heterocycles. The molecule has 3 aromatic rings. The number of rotatable bonds is 2.